The van der Waals surface area contributed by atoms with Crippen molar-refractivity contribution in [1.82, 2.24) is 15.2 Å². The molecule has 1 aliphatic rings. The van der Waals surface area contributed by atoms with E-state index in [4.69, 9.17) is 5.73 Å². The van der Waals surface area contributed by atoms with E-state index in [1.54, 1.807) is 19.2 Å². The van der Waals surface area contributed by atoms with Crippen LogP contribution < -0.4 is 11.1 Å². The fourth-order valence-electron chi connectivity index (χ4n) is 2.00. The number of pyridine rings is 1. The molecule has 1 atom stereocenters. The van der Waals surface area contributed by atoms with Gasteiger partial charge in [-0.2, -0.15) is 0 Å². The van der Waals surface area contributed by atoms with Gasteiger partial charge in [0.2, 0.25) is 5.91 Å². The molecule has 2 rings (SSSR count). The molecule has 1 aromatic heterocycles. The average molecular weight is 272 g/mol. The van der Waals surface area contributed by atoms with E-state index in [1.807, 2.05) is 0 Å². The van der Waals surface area contributed by atoms with E-state index in [9.17, 15) is 9.59 Å². The molecule has 0 bridgehead atoms. The van der Waals surface area contributed by atoms with Gasteiger partial charge < -0.3 is 16.0 Å². The molecule has 1 saturated heterocycles. The van der Waals surface area contributed by atoms with Crippen LogP contribution in [0.25, 0.3) is 0 Å². The second-order valence-electron chi connectivity index (χ2n) is 4.43. The van der Waals surface area contributed by atoms with Gasteiger partial charge in [-0.05, 0) is 13.0 Å². The van der Waals surface area contributed by atoms with Crippen LogP contribution in [0, 0.1) is 11.8 Å². The maximum atomic E-state index is 12.4. The Hall–Kier alpha value is -2.39. The Bertz CT molecular complexity index is 588. The van der Waals surface area contributed by atoms with Crippen LogP contribution in [0.5, 0.6) is 0 Å². The van der Waals surface area contributed by atoms with Crippen molar-refractivity contribution < 1.29 is 9.59 Å². The second kappa shape index (κ2) is 6.17. The number of rotatable bonds is 1. The Morgan fingerprint density at radius 2 is 2.40 bits per heavy atom. The summed E-state index contributed by atoms with van der Waals surface area (Å²) in [7, 11) is 0. The summed E-state index contributed by atoms with van der Waals surface area (Å²) < 4.78 is 0. The van der Waals surface area contributed by atoms with Gasteiger partial charge in [-0.3, -0.25) is 14.6 Å². The van der Waals surface area contributed by atoms with Crippen LogP contribution in [0.4, 0.5) is 0 Å². The number of amides is 2. The first-order chi connectivity index (χ1) is 9.63. The lowest BCUT2D eigenvalue weighted by atomic mass is 10.1. The predicted octanol–water partition coefficient (Wildman–Crippen LogP) is -0.648. The Morgan fingerprint density at radius 3 is 3.15 bits per heavy atom. The minimum atomic E-state index is -0.477. The SMILES string of the molecule is CC1C(=O)NCCN1C(=O)c1cncc(C#CCN)c1. The molecule has 104 valence electrons. The molecule has 2 amide bonds. The summed E-state index contributed by atoms with van der Waals surface area (Å²) in [6.07, 6.45) is 3.06. The number of nitrogens with two attached hydrogens (primary N) is 1. The van der Waals surface area contributed by atoms with Gasteiger partial charge in [0.05, 0.1) is 12.1 Å². The first-order valence-electron chi connectivity index (χ1n) is 6.36. The third-order valence-electron chi connectivity index (χ3n) is 3.08. The summed E-state index contributed by atoms with van der Waals surface area (Å²) in [5, 5.41) is 2.72. The van der Waals surface area contributed by atoms with Crippen LogP contribution in [0.3, 0.4) is 0 Å². The van der Waals surface area contributed by atoms with Crippen LogP contribution in [0.2, 0.25) is 0 Å². The minimum Gasteiger partial charge on any atom is -0.353 e. The molecule has 6 heteroatoms. The van der Waals surface area contributed by atoms with E-state index >= 15 is 0 Å². The third kappa shape index (κ3) is 2.95. The topological polar surface area (TPSA) is 88.3 Å². The van der Waals surface area contributed by atoms with Crippen LogP contribution in [-0.2, 0) is 4.79 Å². The summed E-state index contributed by atoms with van der Waals surface area (Å²) in [6.45, 7) is 2.92. The molecule has 0 aliphatic carbocycles. The van der Waals surface area contributed by atoms with E-state index < -0.39 is 6.04 Å². The summed E-state index contributed by atoms with van der Waals surface area (Å²) in [4.78, 5) is 29.6. The van der Waals surface area contributed by atoms with Crippen molar-refractivity contribution in [3.8, 4) is 11.8 Å². The number of hydrogen-bond acceptors (Lipinski definition) is 4. The first kappa shape index (κ1) is 14.0. The van der Waals surface area contributed by atoms with Crippen molar-refractivity contribution >= 4 is 11.8 Å². The molecule has 1 fully saturated rings. The maximum absolute atomic E-state index is 12.4. The zero-order valence-electron chi connectivity index (χ0n) is 11.2. The standard InChI is InChI=1S/C14H16N4O2/c1-10-13(19)17-5-6-18(10)14(20)12-7-11(3-2-4-15)8-16-9-12/h7-10H,4-6,15H2,1H3,(H,17,19). The Labute approximate surface area is 117 Å². The third-order valence-corrected chi connectivity index (χ3v) is 3.08. The number of hydrogen-bond donors (Lipinski definition) is 2. The number of carbonyl (C=O) groups is 2. The van der Waals surface area contributed by atoms with Gasteiger partial charge in [0.15, 0.2) is 0 Å². The Morgan fingerprint density at radius 1 is 1.60 bits per heavy atom. The van der Waals surface area contributed by atoms with Crippen molar-refractivity contribution in [3.05, 3.63) is 29.6 Å². The number of carbonyl (C=O) groups excluding carboxylic acids is 2. The van der Waals surface area contributed by atoms with Gasteiger partial charge in [-0.1, -0.05) is 11.8 Å². The summed E-state index contributed by atoms with van der Waals surface area (Å²) >= 11 is 0. The fourth-order valence-corrected chi connectivity index (χ4v) is 2.00. The molecule has 3 N–H and O–H groups in total. The maximum Gasteiger partial charge on any atom is 0.256 e. The van der Waals surface area contributed by atoms with E-state index in [2.05, 4.69) is 22.1 Å². The average Bonchev–Trinajstić information content (AvgIpc) is 2.47. The van der Waals surface area contributed by atoms with Crippen molar-refractivity contribution in [2.24, 2.45) is 5.73 Å². The van der Waals surface area contributed by atoms with Crippen LogP contribution in [-0.4, -0.2) is 47.4 Å². The van der Waals surface area contributed by atoms with Crippen LogP contribution in [0.15, 0.2) is 18.5 Å². The summed E-state index contributed by atoms with van der Waals surface area (Å²) in [5.74, 6) is 5.20. The lowest BCUT2D eigenvalue weighted by molar-refractivity contribution is -0.127. The molecule has 1 aliphatic heterocycles. The van der Waals surface area contributed by atoms with Crippen LogP contribution in [0.1, 0.15) is 22.8 Å². The van der Waals surface area contributed by atoms with E-state index in [-0.39, 0.29) is 18.4 Å². The lowest BCUT2D eigenvalue weighted by Crippen LogP contribution is -2.55. The van der Waals surface area contributed by atoms with Crippen LogP contribution >= 0.6 is 0 Å². The Kier molecular flexibility index (Phi) is 4.33. The van der Waals surface area contributed by atoms with E-state index in [1.165, 1.54) is 11.1 Å². The van der Waals surface area contributed by atoms with Gasteiger partial charge in [0.1, 0.15) is 6.04 Å². The molecule has 0 radical (unpaired) electrons. The molecule has 0 aromatic carbocycles. The second-order valence-corrected chi connectivity index (χ2v) is 4.43. The molecule has 6 nitrogen and oxygen atoms in total. The van der Waals surface area contributed by atoms with Crippen molar-refractivity contribution in [1.29, 1.82) is 0 Å². The van der Waals surface area contributed by atoms with Gasteiger partial charge in [-0.25, -0.2) is 0 Å². The summed E-state index contributed by atoms with van der Waals surface area (Å²) in [5.41, 5.74) is 6.37. The van der Waals surface area contributed by atoms with E-state index in [0.29, 0.717) is 24.2 Å². The van der Waals surface area contributed by atoms with Gasteiger partial charge in [0, 0.05) is 31.0 Å². The predicted molar refractivity (Wildman–Crippen MR) is 73.7 cm³/mol. The fraction of sp³-hybridized carbons (Fsp3) is 0.357. The van der Waals surface area contributed by atoms with Crippen molar-refractivity contribution in [2.45, 2.75) is 13.0 Å². The number of nitrogens with one attached hydrogen (secondary N) is 1. The molecular formula is C14H16N4O2. The largest absolute Gasteiger partial charge is 0.353 e. The normalized spacial score (nSPS) is 18.0. The smallest absolute Gasteiger partial charge is 0.256 e. The Balaban J connectivity index is 2.22. The van der Waals surface area contributed by atoms with E-state index in [0.717, 1.165) is 0 Å². The zero-order chi connectivity index (χ0) is 14.5. The zero-order valence-corrected chi connectivity index (χ0v) is 11.2. The number of aromatic nitrogens is 1. The summed E-state index contributed by atoms with van der Waals surface area (Å²) in [6, 6.07) is 1.19. The van der Waals surface area contributed by atoms with Crippen molar-refractivity contribution in [3.63, 3.8) is 0 Å². The molecule has 2 heterocycles. The number of piperazine rings is 1. The number of nitrogens with zero attached hydrogens (tertiary/aromatic N) is 2. The highest BCUT2D eigenvalue weighted by atomic mass is 16.2. The molecule has 0 saturated carbocycles. The molecule has 1 aromatic rings. The highest BCUT2D eigenvalue weighted by molar-refractivity contribution is 5.98. The molecule has 1 unspecified atom stereocenters. The lowest BCUT2D eigenvalue weighted by Gasteiger charge is -2.32. The minimum absolute atomic E-state index is 0.142. The highest BCUT2D eigenvalue weighted by Crippen LogP contribution is 2.11. The monoisotopic (exact) mass is 272 g/mol. The molecule has 0 spiro atoms. The van der Waals surface area contributed by atoms with Gasteiger partial charge in [-0.15, -0.1) is 0 Å². The molecular weight excluding hydrogens is 256 g/mol. The van der Waals surface area contributed by atoms with Gasteiger partial charge in [0.25, 0.3) is 5.91 Å². The molecule has 20 heavy (non-hydrogen) atoms. The first-order valence-corrected chi connectivity index (χ1v) is 6.36. The van der Waals surface area contributed by atoms with Crippen molar-refractivity contribution in [2.75, 3.05) is 19.6 Å². The highest BCUT2D eigenvalue weighted by Gasteiger charge is 2.29. The quantitative estimate of drug-likeness (QED) is 0.665. The van der Waals surface area contributed by atoms with Gasteiger partial charge >= 0.3 is 0 Å².